The number of hydrogen-bond acceptors (Lipinski definition) is 2. The lowest BCUT2D eigenvalue weighted by molar-refractivity contribution is -0.142. The summed E-state index contributed by atoms with van der Waals surface area (Å²) in [6.07, 6.45) is 0. The van der Waals surface area contributed by atoms with Gasteiger partial charge >= 0.3 is 5.97 Å². The minimum absolute atomic E-state index is 0.333. The van der Waals surface area contributed by atoms with Gasteiger partial charge in [0.2, 0.25) is 0 Å². The van der Waals surface area contributed by atoms with E-state index < -0.39 is 17.7 Å². The van der Waals surface area contributed by atoms with Gasteiger partial charge in [0.15, 0.2) is 0 Å². The molecule has 0 fully saturated rings. The molecule has 14 heavy (non-hydrogen) atoms. The summed E-state index contributed by atoms with van der Waals surface area (Å²) in [5, 5.41) is 0. The minimum atomic E-state index is -0.601. The van der Waals surface area contributed by atoms with Crippen molar-refractivity contribution in [2.45, 2.75) is 12.8 Å². The standard InChI is InChI=1S/C10H10BrFO2/c1-6(10(13)14-2)9-7(11)4-3-5-8(9)12/h3-6H,1-2H3. The number of ether oxygens (including phenoxy) is 1. The van der Waals surface area contributed by atoms with Crippen molar-refractivity contribution in [2.24, 2.45) is 0 Å². The molecule has 1 aromatic carbocycles. The van der Waals surface area contributed by atoms with Crippen LogP contribution >= 0.6 is 15.9 Å². The van der Waals surface area contributed by atoms with Crippen LogP contribution in [0.2, 0.25) is 0 Å². The summed E-state index contributed by atoms with van der Waals surface area (Å²) in [6.45, 7) is 1.61. The number of methoxy groups -OCH3 is 1. The van der Waals surface area contributed by atoms with Crippen molar-refractivity contribution in [3.8, 4) is 0 Å². The second-order valence-corrected chi connectivity index (χ2v) is 3.73. The molecule has 0 aromatic heterocycles. The van der Waals surface area contributed by atoms with Gasteiger partial charge in [-0.2, -0.15) is 0 Å². The molecule has 2 nitrogen and oxygen atoms in total. The SMILES string of the molecule is COC(=O)C(C)c1c(F)cccc1Br. The van der Waals surface area contributed by atoms with E-state index in [1.165, 1.54) is 13.2 Å². The van der Waals surface area contributed by atoms with Crippen LogP contribution in [0, 0.1) is 5.82 Å². The average molecular weight is 261 g/mol. The molecule has 0 aliphatic rings. The third kappa shape index (κ3) is 2.12. The highest BCUT2D eigenvalue weighted by Crippen LogP contribution is 2.28. The second kappa shape index (κ2) is 4.55. The predicted octanol–water partition coefficient (Wildman–Crippen LogP) is 2.86. The molecule has 4 heteroatoms. The highest BCUT2D eigenvalue weighted by Gasteiger charge is 2.21. The van der Waals surface area contributed by atoms with Crippen molar-refractivity contribution in [1.29, 1.82) is 0 Å². The molecule has 0 amide bonds. The average Bonchev–Trinajstić information content (AvgIpc) is 2.16. The number of benzene rings is 1. The van der Waals surface area contributed by atoms with E-state index in [4.69, 9.17) is 0 Å². The van der Waals surface area contributed by atoms with Crippen LogP contribution < -0.4 is 0 Å². The Hall–Kier alpha value is -0.900. The zero-order valence-corrected chi connectivity index (χ0v) is 9.47. The predicted molar refractivity (Wildman–Crippen MR) is 54.5 cm³/mol. The van der Waals surface area contributed by atoms with Gasteiger partial charge in [-0.05, 0) is 19.1 Å². The fourth-order valence-electron chi connectivity index (χ4n) is 1.22. The maximum absolute atomic E-state index is 13.4. The van der Waals surface area contributed by atoms with Gasteiger partial charge in [-0.15, -0.1) is 0 Å². The van der Waals surface area contributed by atoms with Crippen LogP contribution in [-0.2, 0) is 9.53 Å². The van der Waals surface area contributed by atoms with Crippen molar-refractivity contribution >= 4 is 21.9 Å². The lowest BCUT2D eigenvalue weighted by Crippen LogP contribution is -2.12. The van der Waals surface area contributed by atoms with Crippen LogP contribution in [-0.4, -0.2) is 13.1 Å². The van der Waals surface area contributed by atoms with Gasteiger partial charge in [-0.25, -0.2) is 4.39 Å². The maximum atomic E-state index is 13.4. The Balaban J connectivity index is 3.11. The Labute approximate surface area is 90.2 Å². The molecule has 0 radical (unpaired) electrons. The van der Waals surface area contributed by atoms with E-state index in [9.17, 15) is 9.18 Å². The third-order valence-electron chi connectivity index (χ3n) is 1.99. The van der Waals surface area contributed by atoms with E-state index >= 15 is 0 Å². The summed E-state index contributed by atoms with van der Waals surface area (Å²) in [7, 11) is 1.29. The van der Waals surface area contributed by atoms with Gasteiger partial charge in [-0.3, -0.25) is 4.79 Å². The largest absolute Gasteiger partial charge is 0.469 e. The number of halogens is 2. The smallest absolute Gasteiger partial charge is 0.313 e. The highest BCUT2D eigenvalue weighted by atomic mass is 79.9. The molecule has 0 bridgehead atoms. The third-order valence-corrected chi connectivity index (χ3v) is 2.68. The first kappa shape index (κ1) is 11.2. The van der Waals surface area contributed by atoms with Gasteiger partial charge in [0, 0.05) is 10.0 Å². The van der Waals surface area contributed by atoms with Crippen LogP contribution in [0.15, 0.2) is 22.7 Å². The van der Waals surface area contributed by atoms with E-state index in [1.807, 2.05) is 0 Å². The minimum Gasteiger partial charge on any atom is -0.469 e. The van der Waals surface area contributed by atoms with Crippen molar-refractivity contribution in [1.82, 2.24) is 0 Å². The Morgan fingerprint density at radius 2 is 2.21 bits per heavy atom. The Morgan fingerprint density at radius 1 is 1.57 bits per heavy atom. The van der Waals surface area contributed by atoms with Crippen LogP contribution in [0.3, 0.4) is 0 Å². The van der Waals surface area contributed by atoms with Gasteiger partial charge in [0.05, 0.1) is 13.0 Å². The number of carbonyl (C=O) groups is 1. The molecule has 0 spiro atoms. The molecule has 1 atom stereocenters. The van der Waals surface area contributed by atoms with Crippen molar-refractivity contribution < 1.29 is 13.9 Å². The van der Waals surface area contributed by atoms with Crippen molar-refractivity contribution in [2.75, 3.05) is 7.11 Å². The summed E-state index contributed by atoms with van der Waals surface area (Å²) in [5.41, 5.74) is 0.333. The molecule has 0 saturated carbocycles. The van der Waals surface area contributed by atoms with Gasteiger partial charge in [0.25, 0.3) is 0 Å². The first-order chi connectivity index (χ1) is 6.57. The first-order valence-corrected chi connectivity index (χ1v) is 4.89. The first-order valence-electron chi connectivity index (χ1n) is 4.09. The summed E-state index contributed by atoms with van der Waals surface area (Å²) >= 11 is 3.20. The topological polar surface area (TPSA) is 26.3 Å². The number of carbonyl (C=O) groups excluding carboxylic acids is 1. The lowest BCUT2D eigenvalue weighted by atomic mass is 10.0. The number of esters is 1. The zero-order valence-electron chi connectivity index (χ0n) is 7.88. The normalized spacial score (nSPS) is 12.3. The molecular formula is C10H10BrFO2. The molecule has 1 aromatic rings. The van der Waals surface area contributed by atoms with Crippen LogP contribution in [0.1, 0.15) is 18.4 Å². The quantitative estimate of drug-likeness (QED) is 0.765. The van der Waals surface area contributed by atoms with Crippen molar-refractivity contribution in [3.63, 3.8) is 0 Å². The van der Waals surface area contributed by atoms with Crippen LogP contribution in [0.25, 0.3) is 0 Å². The van der Waals surface area contributed by atoms with E-state index in [0.29, 0.717) is 10.0 Å². The number of rotatable bonds is 2. The monoisotopic (exact) mass is 260 g/mol. The molecule has 0 saturated heterocycles. The summed E-state index contributed by atoms with van der Waals surface area (Å²) in [6, 6.07) is 4.59. The summed E-state index contributed by atoms with van der Waals surface area (Å²) in [4.78, 5) is 11.2. The Bertz CT molecular complexity index is 332. The Kier molecular flexibility index (Phi) is 3.63. The molecular weight excluding hydrogens is 251 g/mol. The van der Waals surface area contributed by atoms with E-state index in [2.05, 4.69) is 20.7 Å². The highest BCUT2D eigenvalue weighted by molar-refractivity contribution is 9.10. The van der Waals surface area contributed by atoms with Gasteiger partial charge < -0.3 is 4.74 Å². The molecule has 1 rings (SSSR count). The summed E-state index contributed by atoms with van der Waals surface area (Å²) < 4.78 is 18.5. The van der Waals surface area contributed by atoms with Crippen molar-refractivity contribution in [3.05, 3.63) is 34.1 Å². The van der Waals surface area contributed by atoms with Gasteiger partial charge in [0.1, 0.15) is 5.82 Å². The summed E-state index contributed by atoms with van der Waals surface area (Å²) in [5.74, 6) is -1.45. The van der Waals surface area contributed by atoms with E-state index in [0.717, 1.165) is 0 Å². The molecule has 76 valence electrons. The van der Waals surface area contributed by atoms with E-state index in [1.54, 1.807) is 19.1 Å². The Morgan fingerprint density at radius 3 is 2.71 bits per heavy atom. The fraction of sp³-hybridized carbons (Fsp3) is 0.300. The van der Waals surface area contributed by atoms with Gasteiger partial charge in [-0.1, -0.05) is 22.0 Å². The fourth-order valence-corrected chi connectivity index (χ4v) is 1.90. The zero-order chi connectivity index (χ0) is 10.7. The second-order valence-electron chi connectivity index (χ2n) is 2.88. The van der Waals surface area contributed by atoms with E-state index in [-0.39, 0.29) is 0 Å². The lowest BCUT2D eigenvalue weighted by Gasteiger charge is -2.12. The molecule has 0 aliphatic heterocycles. The molecule has 0 heterocycles. The maximum Gasteiger partial charge on any atom is 0.313 e. The molecule has 1 unspecified atom stereocenters. The molecule has 0 N–H and O–H groups in total. The van der Waals surface area contributed by atoms with Crippen LogP contribution in [0.4, 0.5) is 4.39 Å². The molecule has 0 aliphatic carbocycles. The number of hydrogen-bond donors (Lipinski definition) is 0. The van der Waals surface area contributed by atoms with Crippen LogP contribution in [0.5, 0.6) is 0 Å².